The number of aryl methyl sites for hydroxylation is 1. The van der Waals surface area contributed by atoms with Crippen molar-refractivity contribution in [3.8, 4) is 17.5 Å². The number of rotatable bonds is 4. The summed E-state index contributed by atoms with van der Waals surface area (Å²) >= 11 is 0. The lowest BCUT2D eigenvalue weighted by Gasteiger charge is -2.03. The van der Waals surface area contributed by atoms with Crippen LogP contribution in [0.25, 0.3) is 5.69 Å². The third-order valence-electron chi connectivity index (χ3n) is 3.26. The summed E-state index contributed by atoms with van der Waals surface area (Å²) in [4.78, 5) is 0. The summed E-state index contributed by atoms with van der Waals surface area (Å²) in [5, 5.41) is 4.59. The highest BCUT2D eigenvalue weighted by atomic mass is 15.3. The third kappa shape index (κ3) is 3.28. The highest BCUT2D eigenvalue weighted by Crippen LogP contribution is 2.16. The number of unbranched alkanes of at least 4 members (excludes halogenated alkanes) is 2. The molecule has 2 aromatic rings. The number of benzene rings is 1. The molecule has 0 fully saturated rings. The van der Waals surface area contributed by atoms with Crippen molar-refractivity contribution in [2.24, 2.45) is 5.73 Å². The largest absolute Gasteiger partial charge is 0.330 e. The summed E-state index contributed by atoms with van der Waals surface area (Å²) in [5.41, 5.74) is 9.67. The van der Waals surface area contributed by atoms with Gasteiger partial charge in [-0.3, -0.25) is 0 Å². The van der Waals surface area contributed by atoms with Crippen LogP contribution in [0.4, 0.5) is 0 Å². The minimum atomic E-state index is 0.742. The Kier molecular flexibility index (Phi) is 4.97. The molecule has 0 spiro atoms. The van der Waals surface area contributed by atoms with Gasteiger partial charge in [0.15, 0.2) is 0 Å². The van der Waals surface area contributed by atoms with Crippen LogP contribution in [0.2, 0.25) is 0 Å². The first-order valence-electron chi connectivity index (χ1n) is 7.04. The minimum absolute atomic E-state index is 0.742. The van der Waals surface area contributed by atoms with Crippen LogP contribution in [-0.4, -0.2) is 16.3 Å². The zero-order chi connectivity index (χ0) is 14.4. The van der Waals surface area contributed by atoms with Crippen molar-refractivity contribution in [3.05, 3.63) is 47.3 Å². The van der Waals surface area contributed by atoms with Gasteiger partial charge in [-0.25, -0.2) is 4.68 Å². The molecule has 0 radical (unpaired) electrons. The Labute approximate surface area is 120 Å². The van der Waals surface area contributed by atoms with Crippen molar-refractivity contribution >= 4 is 0 Å². The number of aromatic nitrogens is 2. The Balaban J connectivity index is 2.21. The van der Waals surface area contributed by atoms with E-state index in [9.17, 15) is 0 Å². The summed E-state index contributed by atoms with van der Waals surface area (Å²) in [5.74, 6) is 6.48. The van der Waals surface area contributed by atoms with Crippen molar-refractivity contribution in [1.29, 1.82) is 0 Å². The predicted molar refractivity (Wildman–Crippen MR) is 82.8 cm³/mol. The summed E-state index contributed by atoms with van der Waals surface area (Å²) in [6.45, 7) is 4.82. The van der Waals surface area contributed by atoms with Gasteiger partial charge in [0.2, 0.25) is 0 Å². The fraction of sp³-hybridized carbons (Fsp3) is 0.353. The molecule has 2 rings (SSSR count). The molecule has 0 amide bonds. The Morgan fingerprint density at radius 2 is 1.90 bits per heavy atom. The van der Waals surface area contributed by atoms with Gasteiger partial charge < -0.3 is 5.73 Å². The number of nitrogens with two attached hydrogens (primary N) is 1. The summed E-state index contributed by atoms with van der Waals surface area (Å²) in [6.07, 6.45) is 3.00. The first-order valence-corrected chi connectivity index (χ1v) is 7.04. The van der Waals surface area contributed by atoms with Gasteiger partial charge in [0.25, 0.3) is 0 Å². The van der Waals surface area contributed by atoms with Gasteiger partial charge in [0.1, 0.15) is 0 Å². The molecule has 0 aliphatic carbocycles. The van der Waals surface area contributed by atoms with Crippen LogP contribution in [0.15, 0.2) is 30.3 Å². The fourth-order valence-electron chi connectivity index (χ4n) is 2.15. The molecule has 0 aliphatic rings. The minimum Gasteiger partial charge on any atom is -0.330 e. The standard InChI is InChI=1S/C17H21N3/c1-14-17(12-8-3-4-9-13-18)15(2)20(19-14)16-10-6-5-7-11-16/h5-7,10-11H,3-4,9,13,18H2,1-2H3. The molecule has 20 heavy (non-hydrogen) atoms. The number of nitrogens with zero attached hydrogens (tertiary/aromatic N) is 2. The van der Waals surface area contributed by atoms with Crippen LogP contribution in [0.1, 0.15) is 36.2 Å². The van der Waals surface area contributed by atoms with Gasteiger partial charge in [0.05, 0.1) is 22.6 Å². The SMILES string of the molecule is Cc1nn(-c2ccccc2)c(C)c1C#CCCCCN. The second-order valence-corrected chi connectivity index (χ2v) is 4.84. The monoisotopic (exact) mass is 267 g/mol. The Morgan fingerprint density at radius 3 is 2.60 bits per heavy atom. The van der Waals surface area contributed by atoms with Crippen molar-refractivity contribution in [1.82, 2.24) is 9.78 Å². The summed E-state index contributed by atoms with van der Waals surface area (Å²) in [6, 6.07) is 10.1. The van der Waals surface area contributed by atoms with Crippen molar-refractivity contribution in [2.75, 3.05) is 6.54 Å². The third-order valence-corrected chi connectivity index (χ3v) is 3.26. The quantitative estimate of drug-likeness (QED) is 0.683. The van der Waals surface area contributed by atoms with Crippen LogP contribution in [0.5, 0.6) is 0 Å². The topological polar surface area (TPSA) is 43.8 Å². The molecule has 3 heteroatoms. The van der Waals surface area contributed by atoms with Crippen molar-refractivity contribution < 1.29 is 0 Å². The van der Waals surface area contributed by atoms with E-state index in [0.29, 0.717) is 0 Å². The van der Waals surface area contributed by atoms with Gasteiger partial charge in [-0.1, -0.05) is 30.0 Å². The second kappa shape index (κ2) is 6.93. The van der Waals surface area contributed by atoms with E-state index >= 15 is 0 Å². The molecule has 3 nitrogen and oxygen atoms in total. The van der Waals surface area contributed by atoms with Crippen LogP contribution in [-0.2, 0) is 0 Å². The molecule has 1 aromatic carbocycles. The molecule has 0 saturated heterocycles. The highest BCUT2D eigenvalue weighted by Gasteiger charge is 2.10. The maximum Gasteiger partial charge on any atom is 0.0757 e. The van der Waals surface area contributed by atoms with E-state index in [1.165, 1.54) is 0 Å². The first kappa shape index (κ1) is 14.4. The van der Waals surface area contributed by atoms with Crippen LogP contribution >= 0.6 is 0 Å². The summed E-state index contributed by atoms with van der Waals surface area (Å²) in [7, 11) is 0. The lowest BCUT2D eigenvalue weighted by atomic mass is 10.2. The molecule has 0 saturated carbocycles. The predicted octanol–water partition coefficient (Wildman–Crippen LogP) is 2.97. The Hall–Kier alpha value is -2.05. The molecule has 1 aromatic heterocycles. The van der Waals surface area contributed by atoms with E-state index in [2.05, 4.69) is 36.0 Å². The molecular formula is C17H21N3. The molecular weight excluding hydrogens is 246 g/mol. The van der Waals surface area contributed by atoms with E-state index in [-0.39, 0.29) is 0 Å². The molecule has 104 valence electrons. The molecule has 0 aliphatic heterocycles. The number of hydrogen-bond donors (Lipinski definition) is 1. The Morgan fingerprint density at radius 1 is 1.15 bits per heavy atom. The highest BCUT2D eigenvalue weighted by molar-refractivity contribution is 5.45. The zero-order valence-corrected chi connectivity index (χ0v) is 12.2. The van der Waals surface area contributed by atoms with Crippen molar-refractivity contribution in [2.45, 2.75) is 33.1 Å². The van der Waals surface area contributed by atoms with Gasteiger partial charge in [-0.05, 0) is 45.4 Å². The average molecular weight is 267 g/mol. The van der Waals surface area contributed by atoms with Crippen LogP contribution in [0.3, 0.4) is 0 Å². The molecule has 0 bridgehead atoms. The van der Waals surface area contributed by atoms with Gasteiger partial charge in [0, 0.05) is 6.42 Å². The Bertz CT molecular complexity index is 615. The smallest absolute Gasteiger partial charge is 0.0757 e. The van der Waals surface area contributed by atoms with E-state index in [0.717, 1.165) is 48.4 Å². The van der Waals surface area contributed by atoms with E-state index in [1.807, 2.05) is 29.8 Å². The number of para-hydroxylation sites is 1. The fourth-order valence-corrected chi connectivity index (χ4v) is 2.15. The van der Waals surface area contributed by atoms with Gasteiger partial charge >= 0.3 is 0 Å². The number of hydrogen-bond acceptors (Lipinski definition) is 2. The van der Waals surface area contributed by atoms with Gasteiger partial charge in [-0.15, -0.1) is 0 Å². The average Bonchev–Trinajstić information content (AvgIpc) is 2.75. The normalized spacial score (nSPS) is 10.2. The van der Waals surface area contributed by atoms with E-state index in [4.69, 9.17) is 5.73 Å². The van der Waals surface area contributed by atoms with E-state index in [1.54, 1.807) is 0 Å². The first-order chi connectivity index (χ1) is 9.74. The van der Waals surface area contributed by atoms with E-state index < -0.39 is 0 Å². The molecule has 2 N–H and O–H groups in total. The molecule has 0 atom stereocenters. The van der Waals surface area contributed by atoms with Crippen LogP contribution in [0, 0.1) is 25.7 Å². The lowest BCUT2D eigenvalue weighted by molar-refractivity contribution is 0.767. The second-order valence-electron chi connectivity index (χ2n) is 4.84. The maximum absolute atomic E-state index is 5.48. The summed E-state index contributed by atoms with van der Waals surface area (Å²) < 4.78 is 1.96. The zero-order valence-electron chi connectivity index (χ0n) is 12.2. The lowest BCUT2D eigenvalue weighted by Crippen LogP contribution is -1.98. The van der Waals surface area contributed by atoms with Crippen LogP contribution < -0.4 is 5.73 Å². The molecule has 1 heterocycles. The molecule has 0 unspecified atom stereocenters. The van der Waals surface area contributed by atoms with Crippen molar-refractivity contribution in [3.63, 3.8) is 0 Å². The van der Waals surface area contributed by atoms with Gasteiger partial charge in [-0.2, -0.15) is 5.10 Å². The maximum atomic E-state index is 5.48.